The summed E-state index contributed by atoms with van der Waals surface area (Å²) >= 11 is 1.36. The summed E-state index contributed by atoms with van der Waals surface area (Å²) in [6.45, 7) is 2.88. The van der Waals surface area contributed by atoms with E-state index < -0.39 is 23.2 Å². The van der Waals surface area contributed by atoms with Crippen molar-refractivity contribution in [2.45, 2.75) is 13.5 Å². The SMILES string of the molecule is CCOC(=O)c1c(N2CCN(C(=O)c3cccs3)CC2)c2cc(F)cnc2n(Cc2cccc(F)c2)c1=O. The minimum Gasteiger partial charge on any atom is -0.462 e. The molecule has 1 saturated heterocycles. The van der Waals surface area contributed by atoms with Crippen LogP contribution in [0.2, 0.25) is 0 Å². The molecule has 0 N–H and O–H groups in total. The number of nitrogens with zero attached hydrogens (tertiary/aromatic N) is 4. The van der Waals surface area contributed by atoms with Crippen molar-refractivity contribution in [3.8, 4) is 0 Å². The maximum Gasteiger partial charge on any atom is 0.345 e. The van der Waals surface area contributed by atoms with Crippen LogP contribution in [0.3, 0.4) is 0 Å². The Labute approximate surface area is 220 Å². The van der Waals surface area contributed by atoms with E-state index in [1.807, 2.05) is 11.4 Å². The molecule has 0 radical (unpaired) electrons. The smallest absolute Gasteiger partial charge is 0.345 e. The predicted octanol–water partition coefficient (Wildman–Crippen LogP) is 3.92. The van der Waals surface area contributed by atoms with Crippen LogP contribution < -0.4 is 10.5 Å². The number of aromatic nitrogens is 2. The lowest BCUT2D eigenvalue weighted by Gasteiger charge is -2.37. The van der Waals surface area contributed by atoms with Gasteiger partial charge < -0.3 is 14.5 Å². The first-order valence-corrected chi connectivity index (χ1v) is 13.0. The summed E-state index contributed by atoms with van der Waals surface area (Å²) < 4.78 is 34.9. The van der Waals surface area contributed by atoms with Crippen LogP contribution in [0.5, 0.6) is 0 Å². The Balaban J connectivity index is 1.61. The molecule has 4 aromatic rings. The normalized spacial score (nSPS) is 13.7. The number of hydrogen-bond donors (Lipinski definition) is 0. The summed E-state index contributed by atoms with van der Waals surface area (Å²) in [6.07, 6.45) is 0.995. The largest absolute Gasteiger partial charge is 0.462 e. The molecule has 38 heavy (non-hydrogen) atoms. The molecule has 0 spiro atoms. The van der Waals surface area contributed by atoms with Crippen molar-refractivity contribution in [3.05, 3.63) is 92.0 Å². The van der Waals surface area contributed by atoms with Crippen molar-refractivity contribution >= 4 is 39.9 Å². The molecular formula is C27H24F2N4O4S. The molecule has 1 fully saturated rings. The first kappa shape index (κ1) is 25.5. The van der Waals surface area contributed by atoms with Gasteiger partial charge in [0.15, 0.2) is 0 Å². The number of esters is 1. The third-order valence-electron chi connectivity index (χ3n) is 6.36. The second-order valence-electron chi connectivity index (χ2n) is 8.75. The molecule has 8 nitrogen and oxygen atoms in total. The van der Waals surface area contributed by atoms with Crippen LogP contribution in [0, 0.1) is 11.6 Å². The van der Waals surface area contributed by atoms with Crippen LogP contribution in [-0.4, -0.2) is 59.1 Å². The molecule has 3 aromatic heterocycles. The maximum atomic E-state index is 14.5. The van der Waals surface area contributed by atoms with Crippen LogP contribution in [0.4, 0.5) is 14.5 Å². The first-order valence-electron chi connectivity index (χ1n) is 12.1. The fourth-order valence-corrected chi connectivity index (χ4v) is 5.35. The molecule has 1 aliphatic rings. The van der Waals surface area contributed by atoms with Gasteiger partial charge in [0.25, 0.3) is 11.5 Å². The molecule has 11 heteroatoms. The number of halogens is 2. The van der Waals surface area contributed by atoms with Crippen LogP contribution in [-0.2, 0) is 11.3 Å². The molecule has 0 aliphatic carbocycles. The number of piperazine rings is 1. The van der Waals surface area contributed by atoms with Crippen molar-refractivity contribution in [2.24, 2.45) is 0 Å². The number of pyridine rings is 2. The zero-order valence-electron chi connectivity index (χ0n) is 20.5. The van der Waals surface area contributed by atoms with Gasteiger partial charge in [-0.25, -0.2) is 18.6 Å². The first-order chi connectivity index (χ1) is 18.4. The molecular weight excluding hydrogens is 514 g/mol. The third kappa shape index (κ3) is 4.89. The van der Waals surface area contributed by atoms with Crippen molar-refractivity contribution in [3.63, 3.8) is 0 Å². The van der Waals surface area contributed by atoms with Crippen LogP contribution in [0.25, 0.3) is 11.0 Å². The van der Waals surface area contributed by atoms with Gasteiger partial charge in [0.2, 0.25) is 0 Å². The number of carbonyl (C=O) groups is 2. The molecule has 0 atom stereocenters. The lowest BCUT2D eigenvalue weighted by Crippen LogP contribution is -2.49. The van der Waals surface area contributed by atoms with Gasteiger partial charge in [-0.2, -0.15) is 0 Å². The third-order valence-corrected chi connectivity index (χ3v) is 7.22. The average molecular weight is 539 g/mol. The average Bonchev–Trinajstić information content (AvgIpc) is 3.45. The number of rotatable bonds is 6. The molecule has 196 valence electrons. The van der Waals surface area contributed by atoms with Gasteiger partial charge in [0.05, 0.1) is 29.9 Å². The molecule has 0 unspecified atom stereocenters. The maximum absolute atomic E-state index is 14.5. The topological polar surface area (TPSA) is 84.7 Å². The number of ether oxygens (including phenoxy) is 1. The Kier molecular flexibility index (Phi) is 7.19. The number of benzene rings is 1. The minimum absolute atomic E-state index is 0.0319. The number of hydrogen-bond acceptors (Lipinski definition) is 7. The Morgan fingerprint density at radius 3 is 2.53 bits per heavy atom. The van der Waals surface area contributed by atoms with E-state index in [4.69, 9.17) is 4.74 Å². The monoisotopic (exact) mass is 538 g/mol. The standard InChI is InChI=1S/C27H24F2N4O4S/c1-2-37-27(36)22-23(31-8-10-32(11-9-31)25(34)21-7-4-12-38-21)20-14-19(29)15-30-24(20)33(26(22)35)16-17-5-3-6-18(28)13-17/h3-7,12-15H,2,8-11,16H2,1H3. The van der Waals surface area contributed by atoms with Gasteiger partial charge in [-0.3, -0.25) is 14.2 Å². The van der Waals surface area contributed by atoms with Crippen molar-refractivity contribution < 1.29 is 23.1 Å². The second-order valence-corrected chi connectivity index (χ2v) is 9.69. The Morgan fingerprint density at radius 1 is 1.05 bits per heavy atom. The quantitative estimate of drug-likeness (QED) is 0.346. The number of thiophene rings is 1. The van der Waals surface area contributed by atoms with Gasteiger partial charge >= 0.3 is 5.97 Å². The van der Waals surface area contributed by atoms with Crippen LogP contribution in [0.1, 0.15) is 32.5 Å². The number of amides is 1. The highest BCUT2D eigenvalue weighted by molar-refractivity contribution is 7.12. The van der Waals surface area contributed by atoms with E-state index in [1.54, 1.807) is 28.9 Å². The Morgan fingerprint density at radius 2 is 1.84 bits per heavy atom. The van der Waals surface area contributed by atoms with Gasteiger partial charge in [-0.1, -0.05) is 18.2 Å². The highest BCUT2D eigenvalue weighted by Gasteiger charge is 2.31. The van der Waals surface area contributed by atoms with Gasteiger partial charge in [0, 0.05) is 31.6 Å². The lowest BCUT2D eigenvalue weighted by molar-refractivity contribution is 0.0523. The van der Waals surface area contributed by atoms with Crippen molar-refractivity contribution in [2.75, 3.05) is 37.7 Å². The number of anilines is 1. The number of fused-ring (bicyclic) bond motifs is 1. The highest BCUT2D eigenvalue weighted by atomic mass is 32.1. The Bertz CT molecular complexity index is 1560. The Hall–Kier alpha value is -4.12. The van der Waals surface area contributed by atoms with Crippen molar-refractivity contribution in [1.82, 2.24) is 14.5 Å². The fourth-order valence-electron chi connectivity index (χ4n) is 4.66. The molecule has 1 amide bonds. The molecule has 1 aromatic carbocycles. The van der Waals surface area contributed by atoms with E-state index in [1.165, 1.54) is 40.2 Å². The van der Waals surface area contributed by atoms with Gasteiger partial charge in [-0.15, -0.1) is 11.3 Å². The molecule has 1 aliphatic heterocycles. The summed E-state index contributed by atoms with van der Waals surface area (Å²) in [7, 11) is 0. The molecule has 0 bridgehead atoms. The summed E-state index contributed by atoms with van der Waals surface area (Å²) in [5, 5.41) is 2.09. The highest BCUT2D eigenvalue weighted by Crippen LogP contribution is 2.31. The van der Waals surface area contributed by atoms with E-state index in [0.29, 0.717) is 36.6 Å². The predicted molar refractivity (Wildman–Crippen MR) is 140 cm³/mol. The zero-order chi connectivity index (χ0) is 26.8. The van der Waals surface area contributed by atoms with E-state index in [0.717, 1.165) is 6.20 Å². The van der Waals surface area contributed by atoms with Crippen LogP contribution in [0.15, 0.2) is 58.8 Å². The molecule has 4 heterocycles. The van der Waals surface area contributed by atoms with E-state index in [-0.39, 0.29) is 41.3 Å². The second kappa shape index (κ2) is 10.7. The summed E-state index contributed by atoms with van der Waals surface area (Å²) in [5.74, 6) is -2.05. The molecule has 0 saturated carbocycles. The van der Waals surface area contributed by atoms with Gasteiger partial charge in [-0.05, 0) is 42.1 Å². The summed E-state index contributed by atoms with van der Waals surface area (Å²) in [4.78, 5) is 48.1. The summed E-state index contributed by atoms with van der Waals surface area (Å²) in [5.41, 5.74) is -0.0784. The fraction of sp³-hybridized carbons (Fsp3) is 0.259. The van der Waals surface area contributed by atoms with Crippen molar-refractivity contribution in [1.29, 1.82) is 0 Å². The van der Waals surface area contributed by atoms with Gasteiger partial charge in [0.1, 0.15) is 22.8 Å². The van der Waals surface area contributed by atoms with E-state index >= 15 is 0 Å². The molecule has 5 rings (SSSR count). The lowest BCUT2D eigenvalue weighted by atomic mass is 10.1. The van der Waals surface area contributed by atoms with E-state index in [9.17, 15) is 23.2 Å². The summed E-state index contributed by atoms with van der Waals surface area (Å²) in [6, 6.07) is 10.5. The van der Waals surface area contributed by atoms with Crippen LogP contribution >= 0.6 is 11.3 Å². The zero-order valence-corrected chi connectivity index (χ0v) is 21.3. The minimum atomic E-state index is -0.844. The van der Waals surface area contributed by atoms with E-state index in [2.05, 4.69) is 4.98 Å². The number of carbonyl (C=O) groups excluding carboxylic acids is 2.